The zero-order valence-corrected chi connectivity index (χ0v) is 10.4. The first kappa shape index (κ1) is 13.3. The molecule has 0 radical (unpaired) electrons. The lowest BCUT2D eigenvalue weighted by molar-refractivity contribution is -0.139. The number of carbonyl (C=O) groups excluding carboxylic acids is 2. The van der Waals surface area contributed by atoms with Crippen molar-refractivity contribution in [1.29, 1.82) is 0 Å². The molecular weight excluding hydrogens is 228 g/mol. The highest BCUT2D eigenvalue weighted by atomic mass is 32.2. The van der Waals surface area contributed by atoms with Crippen LogP contribution in [0.3, 0.4) is 0 Å². The minimum atomic E-state index is -0.977. The van der Waals surface area contributed by atoms with Crippen molar-refractivity contribution >= 4 is 23.6 Å². The molecule has 0 aromatic rings. The highest BCUT2D eigenvalue weighted by molar-refractivity contribution is 7.98. The lowest BCUT2D eigenvalue weighted by Crippen LogP contribution is -2.47. The molecule has 1 rings (SSSR count). The monoisotopic (exact) mass is 246 g/mol. The number of amides is 2. The van der Waals surface area contributed by atoms with E-state index in [0.29, 0.717) is 5.75 Å². The third kappa shape index (κ3) is 4.85. The van der Waals surface area contributed by atoms with Crippen LogP contribution in [0.1, 0.15) is 19.8 Å². The maximum absolute atomic E-state index is 11.3. The average Bonchev–Trinajstić information content (AvgIpc) is 2.98. The van der Waals surface area contributed by atoms with Crippen LogP contribution in [0.2, 0.25) is 0 Å². The fourth-order valence-electron chi connectivity index (χ4n) is 1.19. The van der Waals surface area contributed by atoms with Gasteiger partial charge in [0.15, 0.2) is 0 Å². The Morgan fingerprint density at radius 3 is 2.56 bits per heavy atom. The molecule has 5 nitrogen and oxygen atoms in total. The van der Waals surface area contributed by atoms with Crippen molar-refractivity contribution < 1.29 is 14.7 Å². The van der Waals surface area contributed by atoms with E-state index in [4.69, 9.17) is 0 Å². The van der Waals surface area contributed by atoms with Crippen LogP contribution in [0.25, 0.3) is 0 Å². The summed E-state index contributed by atoms with van der Waals surface area (Å²) in [5, 5.41) is 14.8. The Morgan fingerprint density at radius 1 is 1.44 bits per heavy atom. The molecule has 0 unspecified atom stereocenters. The van der Waals surface area contributed by atoms with Gasteiger partial charge in [0.25, 0.3) is 0 Å². The molecule has 0 aromatic carbocycles. The molecule has 0 heterocycles. The van der Waals surface area contributed by atoms with E-state index in [9.17, 15) is 14.7 Å². The zero-order chi connectivity index (χ0) is 12.2. The normalized spacial score (nSPS) is 18.7. The average molecular weight is 246 g/mol. The molecule has 2 amide bonds. The van der Waals surface area contributed by atoms with Crippen LogP contribution in [0, 0.1) is 0 Å². The second kappa shape index (κ2) is 5.54. The molecule has 3 N–H and O–H groups in total. The van der Waals surface area contributed by atoms with Crippen molar-refractivity contribution in [3.8, 4) is 0 Å². The fraction of sp³-hybridized carbons (Fsp3) is 0.800. The van der Waals surface area contributed by atoms with Gasteiger partial charge in [-0.05, 0) is 26.0 Å². The van der Waals surface area contributed by atoms with E-state index in [1.54, 1.807) is 6.92 Å². The van der Waals surface area contributed by atoms with E-state index < -0.39 is 17.4 Å². The summed E-state index contributed by atoms with van der Waals surface area (Å²) in [7, 11) is 0. The van der Waals surface area contributed by atoms with Gasteiger partial charge in [-0.3, -0.25) is 9.59 Å². The number of hydrogen-bond donors (Lipinski definition) is 3. The predicted octanol–water partition coefficient (Wildman–Crippen LogP) is -0.505. The van der Waals surface area contributed by atoms with Gasteiger partial charge >= 0.3 is 11.8 Å². The van der Waals surface area contributed by atoms with Gasteiger partial charge in [-0.15, -0.1) is 0 Å². The quantitative estimate of drug-likeness (QED) is 0.571. The third-order valence-electron chi connectivity index (χ3n) is 2.20. The maximum atomic E-state index is 11.3. The summed E-state index contributed by atoms with van der Waals surface area (Å²) in [5.74, 6) is -0.770. The standard InChI is InChI=1S/C10H18N2O3S/c1-10(15,6-16-2)5-11-8(13)9(14)12-7-3-4-7/h7,15H,3-6H2,1-2H3,(H,11,13)(H,12,14)/t10-/m1/s1. The van der Waals surface area contributed by atoms with E-state index in [1.165, 1.54) is 11.8 Å². The number of nitrogens with one attached hydrogen (secondary N) is 2. The second-order valence-corrected chi connectivity index (χ2v) is 5.23. The zero-order valence-electron chi connectivity index (χ0n) is 9.58. The number of aliphatic hydroxyl groups is 1. The fourth-order valence-corrected chi connectivity index (χ4v) is 1.92. The minimum absolute atomic E-state index is 0.0881. The van der Waals surface area contributed by atoms with Gasteiger partial charge in [-0.25, -0.2) is 0 Å². The van der Waals surface area contributed by atoms with E-state index >= 15 is 0 Å². The van der Waals surface area contributed by atoms with Crippen LogP contribution in [-0.4, -0.2) is 47.1 Å². The van der Waals surface area contributed by atoms with Gasteiger partial charge in [-0.1, -0.05) is 0 Å². The van der Waals surface area contributed by atoms with Crippen LogP contribution in [-0.2, 0) is 9.59 Å². The Morgan fingerprint density at radius 2 is 2.06 bits per heavy atom. The molecule has 16 heavy (non-hydrogen) atoms. The minimum Gasteiger partial charge on any atom is -0.387 e. The summed E-state index contributed by atoms with van der Waals surface area (Å²) >= 11 is 1.49. The van der Waals surface area contributed by atoms with Crippen molar-refractivity contribution in [2.45, 2.75) is 31.4 Å². The molecule has 1 atom stereocenters. The maximum Gasteiger partial charge on any atom is 0.309 e. The van der Waals surface area contributed by atoms with Gasteiger partial charge in [0.1, 0.15) is 0 Å². The van der Waals surface area contributed by atoms with Gasteiger partial charge in [0.05, 0.1) is 5.60 Å². The van der Waals surface area contributed by atoms with E-state index in [0.717, 1.165) is 12.8 Å². The Labute approximate surface area is 99.4 Å². The first-order valence-corrected chi connectivity index (χ1v) is 6.64. The van der Waals surface area contributed by atoms with Crippen molar-refractivity contribution in [3.63, 3.8) is 0 Å². The van der Waals surface area contributed by atoms with Crippen LogP contribution in [0.15, 0.2) is 0 Å². The number of carbonyl (C=O) groups is 2. The molecular formula is C10H18N2O3S. The SMILES string of the molecule is CSC[C@](C)(O)CNC(=O)C(=O)NC1CC1. The molecule has 1 fully saturated rings. The summed E-state index contributed by atoms with van der Waals surface area (Å²) in [6, 6.07) is 0.171. The predicted molar refractivity (Wildman–Crippen MR) is 63.2 cm³/mol. The Bertz CT molecular complexity index is 277. The van der Waals surface area contributed by atoms with E-state index in [1.807, 2.05) is 6.26 Å². The number of hydrogen-bond acceptors (Lipinski definition) is 4. The second-order valence-electron chi connectivity index (χ2n) is 4.36. The largest absolute Gasteiger partial charge is 0.387 e. The molecule has 1 aliphatic rings. The lowest BCUT2D eigenvalue weighted by Gasteiger charge is -2.22. The number of rotatable bonds is 5. The summed E-state index contributed by atoms with van der Waals surface area (Å²) in [4.78, 5) is 22.6. The molecule has 0 aliphatic heterocycles. The van der Waals surface area contributed by atoms with Crippen molar-refractivity contribution in [3.05, 3.63) is 0 Å². The van der Waals surface area contributed by atoms with Gasteiger partial charge in [0, 0.05) is 18.3 Å². The Kier molecular flexibility index (Phi) is 4.61. The summed E-state index contributed by atoms with van der Waals surface area (Å²) in [6.45, 7) is 1.72. The van der Waals surface area contributed by atoms with Crippen LogP contribution in [0.4, 0.5) is 0 Å². The van der Waals surface area contributed by atoms with Gasteiger partial charge in [-0.2, -0.15) is 11.8 Å². The van der Waals surface area contributed by atoms with Crippen LogP contribution < -0.4 is 10.6 Å². The topological polar surface area (TPSA) is 78.4 Å². The molecule has 0 spiro atoms. The lowest BCUT2D eigenvalue weighted by atomic mass is 10.1. The smallest absolute Gasteiger partial charge is 0.309 e. The summed E-state index contributed by atoms with van der Waals surface area (Å²) < 4.78 is 0. The first-order chi connectivity index (χ1) is 7.44. The van der Waals surface area contributed by atoms with Crippen LogP contribution in [0.5, 0.6) is 0 Å². The molecule has 0 aromatic heterocycles. The number of thioether (sulfide) groups is 1. The van der Waals surface area contributed by atoms with Crippen LogP contribution >= 0.6 is 11.8 Å². The summed E-state index contributed by atoms with van der Waals surface area (Å²) in [5.41, 5.74) is -0.977. The van der Waals surface area contributed by atoms with Crippen molar-refractivity contribution in [2.75, 3.05) is 18.6 Å². The molecule has 0 saturated heterocycles. The van der Waals surface area contributed by atoms with Crippen molar-refractivity contribution in [2.24, 2.45) is 0 Å². The molecule has 1 saturated carbocycles. The molecule has 6 heteroatoms. The molecule has 0 bridgehead atoms. The first-order valence-electron chi connectivity index (χ1n) is 5.24. The third-order valence-corrected chi connectivity index (χ3v) is 3.11. The van der Waals surface area contributed by atoms with E-state index in [2.05, 4.69) is 10.6 Å². The van der Waals surface area contributed by atoms with E-state index in [-0.39, 0.29) is 12.6 Å². The Hall–Kier alpha value is -0.750. The molecule has 1 aliphatic carbocycles. The van der Waals surface area contributed by atoms with Crippen molar-refractivity contribution in [1.82, 2.24) is 10.6 Å². The van der Waals surface area contributed by atoms with Gasteiger partial charge in [0.2, 0.25) is 0 Å². The van der Waals surface area contributed by atoms with Gasteiger partial charge < -0.3 is 15.7 Å². The highest BCUT2D eigenvalue weighted by Gasteiger charge is 2.27. The Balaban J connectivity index is 2.24. The highest BCUT2D eigenvalue weighted by Crippen LogP contribution is 2.18. The molecule has 92 valence electrons. The summed E-state index contributed by atoms with van der Waals surface area (Å²) in [6.07, 6.45) is 3.77.